The minimum atomic E-state index is -1.38. The molecular formula is C24H30ClN4O4+. The minimum Gasteiger partial charge on any atom is -0.496 e. The molecule has 0 aliphatic carbocycles. The number of hydrogen-bond donors (Lipinski definition) is 3. The zero-order valence-electron chi connectivity index (χ0n) is 19.5. The van der Waals surface area contributed by atoms with E-state index < -0.39 is 17.7 Å². The van der Waals surface area contributed by atoms with Gasteiger partial charge in [0.1, 0.15) is 18.4 Å². The first-order valence-electron chi connectivity index (χ1n) is 10.8. The molecule has 1 fully saturated rings. The Kier molecular flexibility index (Phi) is 5.80. The predicted molar refractivity (Wildman–Crippen MR) is 128 cm³/mol. The number of likely N-dealkylation sites (N-methyl/N-ethyl adjacent to an activating group) is 2. The lowest BCUT2D eigenvalue weighted by molar-refractivity contribution is -0.953. The lowest BCUT2D eigenvalue weighted by atomic mass is 9.78. The maximum absolute atomic E-state index is 14.1. The number of fused-ring (bicyclic) bond motifs is 1. The van der Waals surface area contributed by atoms with Gasteiger partial charge in [-0.1, -0.05) is 11.6 Å². The van der Waals surface area contributed by atoms with E-state index in [1.165, 1.54) is 0 Å². The van der Waals surface area contributed by atoms with Gasteiger partial charge in [-0.2, -0.15) is 0 Å². The van der Waals surface area contributed by atoms with Crippen LogP contribution in [0.3, 0.4) is 0 Å². The molecule has 0 radical (unpaired) electrons. The van der Waals surface area contributed by atoms with E-state index in [0.717, 1.165) is 5.69 Å². The first-order valence-corrected chi connectivity index (χ1v) is 11.2. The summed E-state index contributed by atoms with van der Waals surface area (Å²) in [6.07, 6.45) is -0.523. The average Bonchev–Trinajstić information content (AvgIpc) is 3.25. The number of hydrogen-bond acceptors (Lipinski definition) is 5. The summed E-state index contributed by atoms with van der Waals surface area (Å²) in [7, 11) is 8.81. The van der Waals surface area contributed by atoms with Crippen LogP contribution < -0.4 is 20.3 Å². The van der Waals surface area contributed by atoms with Gasteiger partial charge in [0.05, 0.1) is 31.0 Å². The third kappa shape index (κ3) is 3.27. The Bertz CT molecular complexity index is 1120. The van der Waals surface area contributed by atoms with E-state index in [0.29, 0.717) is 27.6 Å². The highest BCUT2D eigenvalue weighted by Crippen LogP contribution is 2.55. The second-order valence-corrected chi connectivity index (χ2v) is 9.54. The largest absolute Gasteiger partial charge is 0.496 e. The minimum absolute atomic E-state index is 0.0553. The third-order valence-corrected chi connectivity index (χ3v) is 7.36. The maximum atomic E-state index is 14.1. The van der Waals surface area contributed by atoms with E-state index in [-0.39, 0.29) is 29.3 Å². The number of nitrogens with zero attached hydrogens (tertiary/aromatic N) is 2. The summed E-state index contributed by atoms with van der Waals surface area (Å²) in [6, 6.07) is 10.3. The number of carbonyl (C=O) groups is 2. The molecule has 4 rings (SSSR count). The summed E-state index contributed by atoms with van der Waals surface area (Å²) in [5.74, 6) is -0.0149. The zero-order valence-corrected chi connectivity index (χ0v) is 20.2. The molecule has 2 aliphatic rings. The molecule has 0 bridgehead atoms. The third-order valence-electron chi connectivity index (χ3n) is 7.13. The number of benzene rings is 2. The quantitative estimate of drug-likeness (QED) is 0.577. The summed E-state index contributed by atoms with van der Waals surface area (Å²) in [5.41, 5.74) is 1.38. The van der Waals surface area contributed by atoms with Crippen molar-refractivity contribution in [3.63, 3.8) is 0 Å². The Labute approximate surface area is 198 Å². The van der Waals surface area contributed by atoms with E-state index in [1.807, 2.05) is 44.2 Å². The highest BCUT2D eigenvalue weighted by atomic mass is 35.5. The number of carbonyl (C=O) groups excluding carboxylic acids is 2. The van der Waals surface area contributed by atoms with Crippen molar-refractivity contribution in [2.24, 2.45) is 0 Å². The molecule has 0 saturated carbocycles. The van der Waals surface area contributed by atoms with Gasteiger partial charge in [-0.3, -0.25) is 14.1 Å². The highest BCUT2D eigenvalue weighted by Gasteiger charge is 2.68. The Morgan fingerprint density at radius 2 is 2.00 bits per heavy atom. The van der Waals surface area contributed by atoms with Crippen molar-refractivity contribution in [1.82, 2.24) is 5.32 Å². The molecule has 0 spiro atoms. The standard InChI is InChI=1S/C24H29ClN4O4/c1-26-22(31)20-12-16(30)13-29(20,4)24(17-10-14(25)6-8-19(17)27-23(24)32)18-11-15(28(2)3)7-9-21(18)33-5/h6-11,16,20,30H,12-13H2,1-5H3,(H-,26,27,31,32)/p+1/t16-,20+,24?,29?/m1/s1. The van der Waals surface area contributed by atoms with Gasteiger partial charge in [0, 0.05) is 38.3 Å². The Morgan fingerprint density at radius 1 is 1.27 bits per heavy atom. The number of aliphatic hydroxyl groups excluding tert-OH is 1. The fourth-order valence-electron chi connectivity index (χ4n) is 5.60. The smallest absolute Gasteiger partial charge is 0.295 e. The monoisotopic (exact) mass is 473 g/mol. The number of likely N-dealkylation sites (tertiary alicyclic amines) is 1. The summed E-state index contributed by atoms with van der Waals surface area (Å²) in [4.78, 5) is 29.1. The van der Waals surface area contributed by atoms with Crippen LogP contribution in [0.4, 0.5) is 11.4 Å². The van der Waals surface area contributed by atoms with E-state index in [4.69, 9.17) is 16.3 Å². The molecule has 8 nitrogen and oxygen atoms in total. The summed E-state index contributed by atoms with van der Waals surface area (Å²) < 4.78 is 5.70. The van der Waals surface area contributed by atoms with Crippen LogP contribution >= 0.6 is 11.6 Å². The van der Waals surface area contributed by atoms with Gasteiger partial charge in [0.25, 0.3) is 11.8 Å². The Morgan fingerprint density at radius 3 is 2.64 bits per heavy atom. The first kappa shape index (κ1) is 23.4. The van der Waals surface area contributed by atoms with Gasteiger partial charge in [0.2, 0.25) is 5.54 Å². The molecule has 2 heterocycles. The topological polar surface area (TPSA) is 90.9 Å². The van der Waals surface area contributed by atoms with Crippen LogP contribution in [0.5, 0.6) is 5.75 Å². The summed E-state index contributed by atoms with van der Waals surface area (Å²) in [6.45, 7) is 0.201. The van der Waals surface area contributed by atoms with Gasteiger partial charge in [-0.05, 0) is 36.4 Å². The fourth-order valence-corrected chi connectivity index (χ4v) is 5.77. The van der Waals surface area contributed by atoms with Crippen LogP contribution in [0.2, 0.25) is 5.02 Å². The van der Waals surface area contributed by atoms with Gasteiger partial charge in [-0.25, -0.2) is 0 Å². The number of rotatable bonds is 5. The van der Waals surface area contributed by atoms with Crippen LogP contribution in [-0.4, -0.2) is 75.4 Å². The molecule has 2 aromatic carbocycles. The van der Waals surface area contributed by atoms with Crippen molar-refractivity contribution in [2.75, 3.05) is 52.1 Å². The number of ether oxygens (including phenoxy) is 1. The van der Waals surface area contributed by atoms with Crippen molar-refractivity contribution in [3.05, 3.63) is 52.5 Å². The van der Waals surface area contributed by atoms with Crippen molar-refractivity contribution in [2.45, 2.75) is 24.1 Å². The maximum Gasteiger partial charge on any atom is 0.295 e. The Hall–Kier alpha value is -2.81. The molecule has 2 aromatic rings. The molecule has 3 N–H and O–H groups in total. The highest BCUT2D eigenvalue weighted by molar-refractivity contribution is 6.31. The van der Waals surface area contributed by atoms with Crippen LogP contribution in [-0.2, 0) is 15.1 Å². The van der Waals surface area contributed by atoms with E-state index in [2.05, 4.69) is 10.6 Å². The van der Waals surface area contributed by atoms with Gasteiger partial charge in [-0.15, -0.1) is 0 Å². The van der Waals surface area contributed by atoms with E-state index >= 15 is 0 Å². The second-order valence-electron chi connectivity index (χ2n) is 9.10. The molecule has 1 saturated heterocycles. The zero-order chi connectivity index (χ0) is 24.1. The second kappa shape index (κ2) is 8.20. The lowest BCUT2D eigenvalue weighted by Gasteiger charge is -2.48. The molecule has 9 heteroatoms. The van der Waals surface area contributed by atoms with E-state index in [1.54, 1.807) is 32.4 Å². The number of halogens is 1. The molecule has 33 heavy (non-hydrogen) atoms. The first-order chi connectivity index (χ1) is 15.6. The molecule has 2 amide bonds. The van der Waals surface area contributed by atoms with Crippen LogP contribution in [0.1, 0.15) is 17.5 Å². The van der Waals surface area contributed by atoms with Crippen LogP contribution in [0.15, 0.2) is 36.4 Å². The summed E-state index contributed by atoms with van der Waals surface area (Å²) >= 11 is 6.43. The molecular weight excluding hydrogens is 444 g/mol. The lowest BCUT2D eigenvalue weighted by Crippen LogP contribution is -2.68. The van der Waals surface area contributed by atoms with Gasteiger partial charge >= 0.3 is 0 Å². The van der Waals surface area contributed by atoms with E-state index in [9.17, 15) is 14.7 Å². The fraction of sp³-hybridized carbons (Fsp3) is 0.417. The van der Waals surface area contributed by atoms with Crippen LogP contribution in [0.25, 0.3) is 0 Å². The number of nitrogens with one attached hydrogen (secondary N) is 2. The van der Waals surface area contributed by atoms with Crippen molar-refractivity contribution in [3.8, 4) is 5.75 Å². The molecule has 4 atom stereocenters. The number of quaternary nitrogens is 1. The van der Waals surface area contributed by atoms with Gasteiger partial charge < -0.3 is 25.4 Å². The van der Waals surface area contributed by atoms with Gasteiger partial charge in [0.15, 0.2) is 6.04 Å². The number of amides is 2. The Balaban J connectivity index is 2.14. The predicted octanol–water partition coefficient (Wildman–Crippen LogP) is 1.94. The average molecular weight is 474 g/mol. The van der Waals surface area contributed by atoms with Crippen molar-refractivity contribution in [1.29, 1.82) is 0 Å². The molecule has 0 aromatic heterocycles. The van der Waals surface area contributed by atoms with Crippen LogP contribution in [0, 0.1) is 0 Å². The number of anilines is 2. The number of methoxy groups -OCH3 is 1. The van der Waals surface area contributed by atoms with Crippen molar-refractivity contribution < 1.29 is 23.9 Å². The van der Waals surface area contributed by atoms with Crippen molar-refractivity contribution >= 4 is 34.8 Å². The molecule has 176 valence electrons. The SMILES string of the molecule is CNC(=O)[C@@H]1C[C@@H](O)C[N+]1(C)C1(c2cc(N(C)C)ccc2OC)C(=O)Nc2ccc(Cl)cc21. The normalized spacial score (nSPS) is 28.3. The molecule has 2 aliphatic heterocycles. The summed E-state index contributed by atoms with van der Waals surface area (Å²) in [5, 5.41) is 17.0. The molecule has 2 unspecified atom stereocenters. The number of aliphatic hydroxyl groups is 1.